The van der Waals surface area contributed by atoms with Crippen LogP contribution in [-0.4, -0.2) is 104 Å². The lowest BCUT2D eigenvalue weighted by Crippen LogP contribution is -2.37. The molecule has 1 aliphatic carbocycles. The van der Waals surface area contributed by atoms with Gasteiger partial charge in [0.1, 0.15) is 31.3 Å². The van der Waals surface area contributed by atoms with E-state index in [-0.39, 0.29) is 37.7 Å². The van der Waals surface area contributed by atoms with E-state index >= 15 is 0 Å². The molecule has 0 bridgehead atoms. The number of nitrogens with zero attached hydrogens (tertiary/aromatic N) is 1. The second-order valence-electron chi connectivity index (χ2n) is 16.9. The number of allylic oxidation sites excluding steroid dienone is 1. The Bertz CT molecular complexity index is 1440. The number of carbonyl (C=O) groups is 2. The average molecular weight is 842 g/mol. The van der Waals surface area contributed by atoms with Gasteiger partial charge in [0.25, 0.3) is 7.82 Å². The van der Waals surface area contributed by atoms with Gasteiger partial charge in [0, 0.05) is 31.6 Å². The maximum absolute atomic E-state index is 12.8. The van der Waals surface area contributed by atoms with Crippen LogP contribution in [0.5, 0.6) is 0 Å². The summed E-state index contributed by atoms with van der Waals surface area (Å²) in [5.74, 6) is 0.399. The summed E-state index contributed by atoms with van der Waals surface area (Å²) in [5, 5.41) is 31.4. The number of phosphoric ester groups is 1. The zero-order valence-electron chi connectivity index (χ0n) is 36.5. The molecule has 1 aromatic heterocycles. The Labute approximate surface area is 348 Å². The first kappa shape index (κ1) is 51.8. The van der Waals surface area contributed by atoms with Crippen molar-refractivity contribution in [2.24, 2.45) is 11.8 Å². The van der Waals surface area contributed by atoms with Gasteiger partial charge in [-0.25, -0.2) is 0 Å². The highest BCUT2D eigenvalue weighted by Gasteiger charge is 2.39. The first-order valence-corrected chi connectivity index (χ1v) is 23.1. The molecule has 58 heavy (non-hydrogen) atoms. The molecular formula is C44H76NO12P. The molecule has 334 valence electrons. The Balaban J connectivity index is 1.83. The lowest BCUT2D eigenvalue weighted by atomic mass is 9.89. The van der Waals surface area contributed by atoms with E-state index in [1.807, 2.05) is 21.1 Å². The number of unbranched alkanes of at least 4 members (excludes halogenated alkanes) is 7. The third kappa shape index (κ3) is 21.3. The lowest BCUT2D eigenvalue weighted by Gasteiger charge is -2.28. The summed E-state index contributed by atoms with van der Waals surface area (Å²) in [6.45, 7) is 7.85. The quantitative estimate of drug-likeness (QED) is 0.0230. The largest absolute Gasteiger partial charge is 0.756 e. The number of rotatable bonds is 31. The predicted molar refractivity (Wildman–Crippen MR) is 223 cm³/mol. The Hall–Kier alpha value is -2.35. The van der Waals surface area contributed by atoms with Gasteiger partial charge in [-0.3, -0.25) is 14.2 Å². The summed E-state index contributed by atoms with van der Waals surface area (Å²) < 4.78 is 39.9. The number of hydrogen-bond acceptors (Lipinski definition) is 12. The summed E-state index contributed by atoms with van der Waals surface area (Å²) in [5.41, 5.74) is 2.52. The van der Waals surface area contributed by atoms with Gasteiger partial charge in [-0.1, -0.05) is 83.1 Å². The molecule has 1 aromatic rings. The molecule has 0 aliphatic heterocycles. The van der Waals surface area contributed by atoms with E-state index in [4.69, 9.17) is 22.9 Å². The Kier molecular flexibility index (Phi) is 24.5. The molecule has 14 heteroatoms. The van der Waals surface area contributed by atoms with Crippen LogP contribution in [0.4, 0.5) is 0 Å². The fourth-order valence-electron chi connectivity index (χ4n) is 7.03. The minimum absolute atomic E-state index is 0.0903. The molecule has 0 aromatic carbocycles. The van der Waals surface area contributed by atoms with Crippen molar-refractivity contribution in [1.29, 1.82) is 0 Å². The molecule has 0 spiro atoms. The molecule has 7 atom stereocenters. The summed E-state index contributed by atoms with van der Waals surface area (Å²) in [6, 6.07) is 0. The topological polar surface area (TPSA) is 185 Å². The summed E-state index contributed by atoms with van der Waals surface area (Å²) >= 11 is 0. The maximum atomic E-state index is 12.8. The van der Waals surface area contributed by atoms with E-state index in [0.29, 0.717) is 30.3 Å². The first-order chi connectivity index (χ1) is 27.5. The molecule has 2 rings (SSSR count). The predicted octanol–water partition coefficient (Wildman–Crippen LogP) is 6.98. The molecule has 1 unspecified atom stereocenters. The molecule has 1 aliphatic rings. The number of hydrogen-bond donors (Lipinski definition) is 3. The van der Waals surface area contributed by atoms with Crippen LogP contribution in [0.15, 0.2) is 28.7 Å². The molecule has 13 nitrogen and oxygen atoms in total. The van der Waals surface area contributed by atoms with Crippen molar-refractivity contribution >= 4 is 19.8 Å². The normalized spacial score (nSPS) is 20.8. The van der Waals surface area contributed by atoms with Crippen molar-refractivity contribution in [3.05, 3.63) is 47.0 Å². The molecule has 0 radical (unpaired) electrons. The number of ether oxygens (including phenoxy) is 2. The summed E-state index contributed by atoms with van der Waals surface area (Å²) in [4.78, 5) is 37.9. The van der Waals surface area contributed by atoms with Crippen molar-refractivity contribution < 1.29 is 61.8 Å². The second-order valence-corrected chi connectivity index (χ2v) is 18.3. The number of aliphatic hydroxyl groups is 3. The number of likely N-dealkylation sites (N-methyl/N-ethyl adjacent to an activating group) is 1. The molecule has 1 heterocycles. The van der Waals surface area contributed by atoms with Crippen LogP contribution in [0.2, 0.25) is 0 Å². The number of furan rings is 1. The highest BCUT2D eigenvalue weighted by molar-refractivity contribution is 7.45. The summed E-state index contributed by atoms with van der Waals surface area (Å²) in [6.07, 6.45) is 16.4. The summed E-state index contributed by atoms with van der Waals surface area (Å²) in [7, 11) is 0.962. The Morgan fingerprint density at radius 1 is 0.879 bits per heavy atom. The van der Waals surface area contributed by atoms with Gasteiger partial charge in [0.15, 0.2) is 6.10 Å². The van der Waals surface area contributed by atoms with E-state index in [0.717, 1.165) is 82.1 Å². The highest BCUT2D eigenvalue weighted by Crippen LogP contribution is 2.39. The Morgan fingerprint density at radius 2 is 1.55 bits per heavy atom. The van der Waals surface area contributed by atoms with Gasteiger partial charge in [0.05, 0.1) is 52.5 Å². The van der Waals surface area contributed by atoms with Crippen LogP contribution in [-0.2, 0) is 45.5 Å². The minimum atomic E-state index is -4.72. The smallest absolute Gasteiger partial charge is 0.309 e. The van der Waals surface area contributed by atoms with E-state index < -0.39 is 57.4 Å². The molecule has 1 saturated carbocycles. The van der Waals surface area contributed by atoms with E-state index in [1.54, 1.807) is 24.3 Å². The van der Waals surface area contributed by atoms with E-state index in [2.05, 4.69) is 27.7 Å². The van der Waals surface area contributed by atoms with E-state index in [1.165, 1.54) is 11.1 Å². The van der Waals surface area contributed by atoms with Gasteiger partial charge in [-0.05, 0) is 63.0 Å². The lowest BCUT2D eigenvalue weighted by molar-refractivity contribution is -0.870. The average Bonchev–Trinajstić information content (AvgIpc) is 3.58. The number of esters is 2. The zero-order chi connectivity index (χ0) is 43.1. The molecular weight excluding hydrogens is 765 g/mol. The fraction of sp³-hybridized carbons (Fsp3) is 0.773. The first-order valence-electron chi connectivity index (χ1n) is 21.7. The zero-order valence-corrected chi connectivity index (χ0v) is 37.4. The van der Waals surface area contributed by atoms with Crippen LogP contribution in [0.1, 0.15) is 133 Å². The van der Waals surface area contributed by atoms with Crippen LogP contribution in [0, 0.1) is 25.7 Å². The monoisotopic (exact) mass is 842 g/mol. The minimum Gasteiger partial charge on any atom is -0.756 e. The third-order valence-corrected chi connectivity index (χ3v) is 11.7. The van der Waals surface area contributed by atoms with Gasteiger partial charge in [-0.2, -0.15) is 0 Å². The van der Waals surface area contributed by atoms with Crippen LogP contribution >= 0.6 is 7.82 Å². The van der Waals surface area contributed by atoms with Gasteiger partial charge in [0.2, 0.25) is 0 Å². The van der Waals surface area contributed by atoms with Gasteiger partial charge in [-0.15, -0.1) is 0 Å². The van der Waals surface area contributed by atoms with Crippen molar-refractivity contribution in [3.8, 4) is 0 Å². The van der Waals surface area contributed by atoms with Gasteiger partial charge < -0.3 is 47.6 Å². The second kappa shape index (κ2) is 27.5. The number of aliphatic hydroxyl groups excluding tert-OH is 3. The third-order valence-electron chi connectivity index (χ3n) is 10.7. The molecule has 0 saturated heterocycles. The fourth-order valence-corrected chi connectivity index (χ4v) is 7.75. The van der Waals surface area contributed by atoms with Crippen molar-refractivity contribution in [2.45, 2.75) is 161 Å². The molecule has 3 N–H and O–H groups in total. The molecule has 0 amide bonds. The number of phosphoric acid groups is 1. The number of quaternary nitrogens is 1. The number of aryl methyl sites for hydroxylation is 2. The Morgan fingerprint density at radius 3 is 2.22 bits per heavy atom. The molecule has 1 fully saturated rings. The van der Waals surface area contributed by atoms with Crippen molar-refractivity contribution in [2.75, 3.05) is 47.5 Å². The van der Waals surface area contributed by atoms with Gasteiger partial charge >= 0.3 is 11.9 Å². The maximum Gasteiger partial charge on any atom is 0.309 e. The highest BCUT2D eigenvalue weighted by atomic mass is 31.2. The SMILES string of the molecule is CCCCC[C@@H](O)/C=C/[C@@H]1[C@H](C/C=C\CC(=O)OC[C@H](COP(=O)([O-])OCC[N+](C)(C)C)OC(=O)CCCCCCCCc2oc(CCC)c(C)c2C)[C@@H](O)C[C@H]1O. The van der Waals surface area contributed by atoms with Crippen LogP contribution in [0.25, 0.3) is 0 Å². The standard InChI is InChI=1S/C44H76NO12P/c1-8-10-15-21-35(46)26-27-38-37(39(47)30-40(38)48)22-18-19-24-43(49)53-31-36(32-55-58(51,52)54-29-28-45(5,6)7)56-44(50)25-17-14-12-11-13-16-23-42-34(4)33(3)41(57-42)20-9-2/h18-19,26-27,35-40,46-48H,8-17,20-25,28-32H2,1-7H3/b19-18-,27-26+/t35-,36-,37+,38-,39+,40-/m1/s1. The van der Waals surface area contributed by atoms with Crippen molar-refractivity contribution in [1.82, 2.24) is 0 Å². The van der Waals surface area contributed by atoms with E-state index in [9.17, 15) is 34.4 Å². The number of carbonyl (C=O) groups excluding carboxylic acids is 2. The van der Waals surface area contributed by atoms with Crippen LogP contribution in [0.3, 0.4) is 0 Å². The van der Waals surface area contributed by atoms with Crippen molar-refractivity contribution in [3.63, 3.8) is 0 Å². The van der Waals surface area contributed by atoms with Crippen LogP contribution < -0.4 is 4.89 Å².